The van der Waals surface area contributed by atoms with Crippen LogP contribution < -0.4 is 15.0 Å². The topological polar surface area (TPSA) is 95.9 Å². The summed E-state index contributed by atoms with van der Waals surface area (Å²) in [6.07, 6.45) is 0.00660. The van der Waals surface area contributed by atoms with E-state index in [-0.39, 0.29) is 24.8 Å². The molecule has 1 aliphatic rings. The molecule has 2 rings (SSSR count). The van der Waals surface area contributed by atoms with Crippen molar-refractivity contribution in [1.82, 2.24) is 5.32 Å². The number of amides is 2. The van der Waals surface area contributed by atoms with Crippen molar-refractivity contribution in [2.45, 2.75) is 45.8 Å². The van der Waals surface area contributed by atoms with Gasteiger partial charge < -0.3 is 20.1 Å². The summed E-state index contributed by atoms with van der Waals surface area (Å²) >= 11 is 0. The number of carbonyl (C=O) groups is 3. The fraction of sp³-hybridized carbons (Fsp3) is 0.500. The molecule has 1 unspecified atom stereocenters. The van der Waals surface area contributed by atoms with Crippen molar-refractivity contribution in [2.75, 3.05) is 11.4 Å². The fourth-order valence-electron chi connectivity index (χ4n) is 2.71. The normalized spacial score (nSPS) is 16.8. The van der Waals surface area contributed by atoms with Gasteiger partial charge in [-0.05, 0) is 31.9 Å². The summed E-state index contributed by atoms with van der Waals surface area (Å²) < 4.78 is 5.73. The zero-order valence-electron chi connectivity index (χ0n) is 14.9. The molecule has 136 valence electrons. The second kappa shape index (κ2) is 7.13. The first-order valence-electron chi connectivity index (χ1n) is 8.25. The molecule has 0 spiro atoms. The van der Waals surface area contributed by atoms with Gasteiger partial charge in [-0.2, -0.15) is 0 Å². The SMILES string of the molecule is CC(C)C(NC(=O)CCN1C(=O)C(C)(C)Oc2ccccc21)C(=O)O. The summed E-state index contributed by atoms with van der Waals surface area (Å²) in [7, 11) is 0. The van der Waals surface area contributed by atoms with Crippen molar-refractivity contribution >= 4 is 23.5 Å². The van der Waals surface area contributed by atoms with Crippen LogP contribution in [0.4, 0.5) is 5.69 Å². The van der Waals surface area contributed by atoms with Gasteiger partial charge in [-0.3, -0.25) is 9.59 Å². The summed E-state index contributed by atoms with van der Waals surface area (Å²) in [5.74, 6) is -1.37. The Labute approximate surface area is 147 Å². The van der Waals surface area contributed by atoms with Crippen molar-refractivity contribution < 1.29 is 24.2 Å². The van der Waals surface area contributed by atoms with Gasteiger partial charge in [0.2, 0.25) is 5.91 Å². The van der Waals surface area contributed by atoms with E-state index in [0.717, 1.165) is 0 Å². The molecule has 2 amide bonds. The van der Waals surface area contributed by atoms with Gasteiger partial charge in [0, 0.05) is 13.0 Å². The summed E-state index contributed by atoms with van der Waals surface area (Å²) in [4.78, 5) is 37.5. The van der Waals surface area contributed by atoms with E-state index in [0.29, 0.717) is 11.4 Å². The molecule has 0 aromatic heterocycles. The highest BCUT2D eigenvalue weighted by Crippen LogP contribution is 2.37. The highest BCUT2D eigenvalue weighted by molar-refractivity contribution is 6.02. The maximum Gasteiger partial charge on any atom is 0.326 e. The Morgan fingerprint density at radius 3 is 2.52 bits per heavy atom. The zero-order chi connectivity index (χ0) is 18.8. The number of carboxylic acids is 1. The Kier molecular flexibility index (Phi) is 5.35. The van der Waals surface area contributed by atoms with Crippen LogP contribution >= 0.6 is 0 Å². The van der Waals surface area contributed by atoms with Gasteiger partial charge in [-0.15, -0.1) is 0 Å². The van der Waals surface area contributed by atoms with Crippen LogP contribution in [0.2, 0.25) is 0 Å². The average Bonchev–Trinajstić information content (AvgIpc) is 2.52. The number of anilines is 1. The van der Waals surface area contributed by atoms with Crippen molar-refractivity contribution in [2.24, 2.45) is 5.92 Å². The van der Waals surface area contributed by atoms with Crippen LogP contribution in [0.15, 0.2) is 24.3 Å². The summed E-state index contributed by atoms with van der Waals surface area (Å²) in [6, 6.07) is 6.19. The third-order valence-corrected chi connectivity index (χ3v) is 4.09. The fourth-order valence-corrected chi connectivity index (χ4v) is 2.71. The van der Waals surface area contributed by atoms with E-state index in [1.807, 2.05) is 6.07 Å². The highest BCUT2D eigenvalue weighted by atomic mass is 16.5. The van der Waals surface area contributed by atoms with Gasteiger partial charge >= 0.3 is 5.97 Å². The first kappa shape index (κ1) is 18.8. The minimum absolute atomic E-state index is 0.00660. The van der Waals surface area contributed by atoms with Crippen molar-refractivity contribution in [3.8, 4) is 5.75 Å². The Morgan fingerprint density at radius 1 is 1.28 bits per heavy atom. The standard InChI is InChI=1S/C18H24N2O5/c1-11(2)15(16(22)23)19-14(21)9-10-20-12-7-5-6-8-13(12)25-18(3,4)17(20)24/h5-8,11,15H,9-10H2,1-4H3,(H,19,21)(H,22,23). The Morgan fingerprint density at radius 2 is 1.92 bits per heavy atom. The van der Waals surface area contributed by atoms with Crippen molar-refractivity contribution in [1.29, 1.82) is 0 Å². The number of rotatable bonds is 6. The first-order valence-corrected chi connectivity index (χ1v) is 8.25. The average molecular weight is 348 g/mol. The second-order valence-electron chi connectivity index (χ2n) is 6.91. The molecule has 25 heavy (non-hydrogen) atoms. The summed E-state index contributed by atoms with van der Waals surface area (Å²) in [6.45, 7) is 6.96. The molecule has 7 nitrogen and oxygen atoms in total. The predicted molar refractivity (Wildman–Crippen MR) is 92.5 cm³/mol. The van der Waals surface area contributed by atoms with E-state index < -0.39 is 23.5 Å². The second-order valence-corrected chi connectivity index (χ2v) is 6.91. The first-order chi connectivity index (χ1) is 11.6. The minimum Gasteiger partial charge on any atom is -0.480 e. The van der Waals surface area contributed by atoms with Crippen LogP contribution in [0.5, 0.6) is 5.75 Å². The molecule has 0 bridgehead atoms. The number of carbonyl (C=O) groups excluding carboxylic acids is 2. The minimum atomic E-state index is -1.07. The van der Waals surface area contributed by atoms with E-state index in [1.54, 1.807) is 45.9 Å². The largest absolute Gasteiger partial charge is 0.480 e. The summed E-state index contributed by atoms with van der Waals surface area (Å²) in [5.41, 5.74) is -0.412. The van der Waals surface area contributed by atoms with Gasteiger partial charge in [0.15, 0.2) is 5.60 Å². The van der Waals surface area contributed by atoms with E-state index >= 15 is 0 Å². The number of aliphatic carboxylic acids is 1. The maximum absolute atomic E-state index is 12.6. The Hall–Kier alpha value is -2.57. The number of para-hydroxylation sites is 2. The van der Waals surface area contributed by atoms with Crippen LogP contribution in [0.25, 0.3) is 0 Å². The smallest absolute Gasteiger partial charge is 0.326 e. The third-order valence-electron chi connectivity index (χ3n) is 4.09. The van der Waals surface area contributed by atoms with E-state index in [9.17, 15) is 14.4 Å². The van der Waals surface area contributed by atoms with Gasteiger partial charge in [0.1, 0.15) is 11.8 Å². The number of ether oxygens (including phenoxy) is 1. The molecule has 0 saturated heterocycles. The number of carboxylic acid groups (broad SMARTS) is 1. The number of benzene rings is 1. The van der Waals surface area contributed by atoms with E-state index in [2.05, 4.69) is 5.32 Å². The maximum atomic E-state index is 12.6. The zero-order valence-corrected chi connectivity index (χ0v) is 14.9. The van der Waals surface area contributed by atoms with Crippen LogP contribution in [0.3, 0.4) is 0 Å². The molecule has 0 radical (unpaired) electrons. The monoisotopic (exact) mass is 348 g/mol. The molecule has 2 N–H and O–H groups in total. The van der Waals surface area contributed by atoms with Gasteiger partial charge in [-0.25, -0.2) is 4.79 Å². The number of nitrogens with zero attached hydrogens (tertiary/aromatic N) is 1. The molecule has 1 atom stereocenters. The van der Waals surface area contributed by atoms with Gasteiger partial charge in [-0.1, -0.05) is 26.0 Å². The highest BCUT2D eigenvalue weighted by Gasteiger charge is 2.40. The summed E-state index contributed by atoms with van der Waals surface area (Å²) in [5, 5.41) is 11.7. The van der Waals surface area contributed by atoms with Crippen LogP contribution in [0, 0.1) is 5.92 Å². The lowest BCUT2D eigenvalue weighted by Gasteiger charge is -2.38. The molecule has 7 heteroatoms. The van der Waals surface area contributed by atoms with Crippen molar-refractivity contribution in [3.63, 3.8) is 0 Å². The molecular weight excluding hydrogens is 324 g/mol. The van der Waals surface area contributed by atoms with Crippen molar-refractivity contribution in [3.05, 3.63) is 24.3 Å². The quantitative estimate of drug-likeness (QED) is 0.817. The molecule has 0 fully saturated rings. The molecule has 0 saturated carbocycles. The molecule has 1 aromatic rings. The van der Waals surface area contributed by atoms with Crippen LogP contribution in [-0.4, -0.2) is 41.1 Å². The molecular formula is C18H24N2O5. The number of nitrogens with one attached hydrogen (secondary N) is 1. The van der Waals surface area contributed by atoms with Crippen LogP contribution in [0.1, 0.15) is 34.1 Å². The van der Waals surface area contributed by atoms with Gasteiger partial charge in [0.05, 0.1) is 5.69 Å². The molecule has 1 heterocycles. The third kappa shape index (κ3) is 4.10. The molecule has 1 aliphatic heterocycles. The number of fused-ring (bicyclic) bond motifs is 1. The van der Waals surface area contributed by atoms with Gasteiger partial charge in [0.25, 0.3) is 5.91 Å². The molecule has 1 aromatic carbocycles. The predicted octanol–water partition coefficient (Wildman–Crippen LogP) is 1.81. The van der Waals surface area contributed by atoms with Crippen LogP contribution in [-0.2, 0) is 14.4 Å². The van der Waals surface area contributed by atoms with E-state index in [4.69, 9.17) is 9.84 Å². The number of hydrogen-bond donors (Lipinski definition) is 2. The number of hydrogen-bond acceptors (Lipinski definition) is 4. The lowest BCUT2D eigenvalue weighted by atomic mass is 10.0. The molecule has 0 aliphatic carbocycles. The lowest BCUT2D eigenvalue weighted by Crippen LogP contribution is -2.53. The lowest BCUT2D eigenvalue weighted by molar-refractivity contribution is -0.143. The Bertz CT molecular complexity index is 684. The Balaban J connectivity index is 2.10. The van der Waals surface area contributed by atoms with E-state index in [1.165, 1.54) is 4.90 Å².